The summed E-state index contributed by atoms with van der Waals surface area (Å²) < 4.78 is 5.11. The van der Waals surface area contributed by atoms with E-state index in [1.807, 2.05) is 29.6 Å². The fraction of sp³-hybridized carbons (Fsp3) is 0.286. The van der Waals surface area contributed by atoms with Crippen LogP contribution in [0.4, 0.5) is 0 Å². The van der Waals surface area contributed by atoms with Crippen LogP contribution >= 0.6 is 11.3 Å². The topological polar surface area (TPSA) is 59.4 Å². The van der Waals surface area contributed by atoms with Crippen molar-refractivity contribution in [3.8, 4) is 5.75 Å². The second-order valence-electron chi connectivity index (χ2n) is 4.15. The van der Waals surface area contributed by atoms with E-state index in [0.717, 1.165) is 22.9 Å². The van der Waals surface area contributed by atoms with Gasteiger partial charge in [0, 0.05) is 18.2 Å². The number of aromatic nitrogens is 1. The maximum Gasteiger partial charge on any atom is 0.303 e. The highest BCUT2D eigenvalue weighted by molar-refractivity contribution is 7.09. The van der Waals surface area contributed by atoms with Crippen molar-refractivity contribution in [2.24, 2.45) is 0 Å². The van der Waals surface area contributed by atoms with Gasteiger partial charge in [-0.1, -0.05) is 12.1 Å². The van der Waals surface area contributed by atoms with Crippen LogP contribution in [-0.4, -0.2) is 23.2 Å². The lowest BCUT2D eigenvalue weighted by molar-refractivity contribution is -0.136. The number of ether oxygens (including phenoxy) is 1. The molecule has 1 aromatic heterocycles. The number of carboxylic acids is 1. The second kappa shape index (κ2) is 6.33. The molecule has 0 spiro atoms. The Morgan fingerprint density at radius 3 is 2.74 bits per heavy atom. The molecule has 0 fully saturated rings. The lowest BCUT2D eigenvalue weighted by Crippen LogP contribution is -1.98. The van der Waals surface area contributed by atoms with Gasteiger partial charge in [0.25, 0.3) is 0 Å². The van der Waals surface area contributed by atoms with Gasteiger partial charge in [-0.25, -0.2) is 4.98 Å². The van der Waals surface area contributed by atoms with Crippen LogP contribution in [0.1, 0.15) is 22.7 Å². The summed E-state index contributed by atoms with van der Waals surface area (Å²) in [5, 5.41) is 11.6. The van der Waals surface area contributed by atoms with Crippen LogP contribution in [0.15, 0.2) is 29.6 Å². The first kappa shape index (κ1) is 13.5. The number of carboxylic acid groups (broad SMARTS) is 1. The molecule has 1 heterocycles. The molecule has 0 unspecified atom stereocenters. The maximum absolute atomic E-state index is 10.5. The van der Waals surface area contributed by atoms with Gasteiger partial charge in [0.2, 0.25) is 0 Å². The number of aliphatic carboxylic acids is 1. The average molecular weight is 277 g/mol. The van der Waals surface area contributed by atoms with Crippen molar-refractivity contribution in [1.29, 1.82) is 0 Å². The first-order valence-electron chi connectivity index (χ1n) is 5.95. The molecule has 0 saturated heterocycles. The largest absolute Gasteiger partial charge is 0.497 e. The lowest BCUT2D eigenvalue weighted by Gasteiger charge is -2.01. The van der Waals surface area contributed by atoms with E-state index in [2.05, 4.69) is 4.98 Å². The van der Waals surface area contributed by atoms with Gasteiger partial charge in [-0.3, -0.25) is 4.79 Å². The minimum absolute atomic E-state index is 0.131. The summed E-state index contributed by atoms with van der Waals surface area (Å²) in [7, 11) is 1.64. The summed E-state index contributed by atoms with van der Waals surface area (Å²) in [6.45, 7) is 0. The fourth-order valence-corrected chi connectivity index (χ4v) is 2.56. The van der Waals surface area contributed by atoms with Crippen molar-refractivity contribution in [1.82, 2.24) is 4.98 Å². The fourth-order valence-electron chi connectivity index (χ4n) is 1.70. The quantitative estimate of drug-likeness (QED) is 0.882. The van der Waals surface area contributed by atoms with E-state index in [0.29, 0.717) is 6.42 Å². The van der Waals surface area contributed by atoms with Crippen molar-refractivity contribution in [2.75, 3.05) is 7.11 Å². The number of nitrogens with zero attached hydrogens (tertiary/aromatic N) is 1. The van der Waals surface area contributed by atoms with Gasteiger partial charge in [0.05, 0.1) is 24.2 Å². The summed E-state index contributed by atoms with van der Waals surface area (Å²) in [5.41, 5.74) is 2.02. The van der Waals surface area contributed by atoms with Crippen molar-refractivity contribution in [3.05, 3.63) is 45.9 Å². The monoisotopic (exact) mass is 277 g/mol. The molecule has 0 aliphatic carbocycles. The van der Waals surface area contributed by atoms with Gasteiger partial charge < -0.3 is 9.84 Å². The predicted octanol–water partition coefficient (Wildman–Crippen LogP) is 2.76. The first-order chi connectivity index (χ1) is 9.17. The summed E-state index contributed by atoms with van der Waals surface area (Å²) in [6.07, 6.45) is 1.39. The molecule has 0 atom stereocenters. The van der Waals surface area contributed by atoms with Crippen LogP contribution in [0.3, 0.4) is 0 Å². The number of hydrogen-bond donors (Lipinski definition) is 1. The third kappa shape index (κ3) is 4.06. The minimum Gasteiger partial charge on any atom is -0.497 e. The number of rotatable bonds is 6. The van der Waals surface area contributed by atoms with Crippen LogP contribution in [0.5, 0.6) is 5.75 Å². The van der Waals surface area contributed by atoms with Gasteiger partial charge >= 0.3 is 5.97 Å². The summed E-state index contributed by atoms with van der Waals surface area (Å²) in [6, 6.07) is 7.87. The van der Waals surface area contributed by atoms with Gasteiger partial charge in [0.1, 0.15) is 5.75 Å². The number of benzene rings is 1. The summed E-state index contributed by atoms with van der Waals surface area (Å²) in [5.74, 6) is 0.0507. The zero-order valence-corrected chi connectivity index (χ0v) is 11.4. The van der Waals surface area contributed by atoms with Crippen molar-refractivity contribution >= 4 is 17.3 Å². The van der Waals surface area contributed by atoms with Crippen LogP contribution < -0.4 is 4.74 Å². The van der Waals surface area contributed by atoms with Crippen molar-refractivity contribution in [3.63, 3.8) is 0 Å². The first-order valence-corrected chi connectivity index (χ1v) is 6.83. The van der Waals surface area contributed by atoms with E-state index in [1.165, 1.54) is 5.56 Å². The summed E-state index contributed by atoms with van der Waals surface area (Å²) in [4.78, 5) is 14.9. The molecule has 5 heteroatoms. The van der Waals surface area contributed by atoms with E-state index in [1.54, 1.807) is 18.4 Å². The Balaban J connectivity index is 1.96. The molecule has 2 aromatic rings. The molecule has 4 nitrogen and oxygen atoms in total. The highest BCUT2D eigenvalue weighted by Gasteiger charge is 2.05. The molecule has 19 heavy (non-hydrogen) atoms. The van der Waals surface area contributed by atoms with Gasteiger partial charge in [0.15, 0.2) is 0 Å². The normalized spacial score (nSPS) is 10.4. The average Bonchev–Trinajstić information content (AvgIpc) is 2.85. The number of methoxy groups -OCH3 is 1. The van der Waals surface area contributed by atoms with Gasteiger partial charge in [-0.05, 0) is 17.7 Å². The Morgan fingerprint density at radius 2 is 2.11 bits per heavy atom. The molecular formula is C14H15NO3S. The number of carbonyl (C=O) groups is 1. The van der Waals surface area contributed by atoms with Crippen molar-refractivity contribution in [2.45, 2.75) is 19.3 Å². The van der Waals surface area contributed by atoms with E-state index < -0.39 is 5.97 Å². The molecule has 100 valence electrons. The molecule has 0 aliphatic heterocycles. The van der Waals surface area contributed by atoms with Gasteiger partial charge in [-0.2, -0.15) is 0 Å². The van der Waals surface area contributed by atoms with Crippen LogP contribution in [-0.2, 0) is 17.6 Å². The number of hydrogen-bond acceptors (Lipinski definition) is 4. The SMILES string of the molecule is COc1ccc(Cc2nc(CCC(=O)O)cs2)cc1. The molecule has 0 aliphatic rings. The molecule has 1 N–H and O–H groups in total. The molecule has 1 aromatic carbocycles. The third-order valence-electron chi connectivity index (χ3n) is 2.71. The van der Waals surface area contributed by atoms with Crippen LogP contribution in [0, 0.1) is 0 Å². The highest BCUT2D eigenvalue weighted by atomic mass is 32.1. The lowest BCUT2D eigenvalue weighted by atomic mass is 10.1. The molecule has 0 saturated carbocycles. The number of thiazole rings is 1. The Bertz CT molecular complexity index is 548. The standard InChI is InChI=1S/C14H15NO3S/c1-18-12-5-2-10(3-6-12)8-13-15-11(9-19-13)4-7-14(16)17/h2-3,5-6,9H,4,7-8H2,1H3,(H,16,17). The van der Waals surface area contributed by atoms with Gasteiger partial charge in [-0.15, -0.1) is 11.3 Å². The predicted molar refractivity (Wildman–Crippen MR) is 73.9 cm³/mol. The zero-order chi connectivity index (χ0) is 13.7. The Kier molecular flexibility index (Phi) is 4.52. The maximum atomic E-state index is 10.5. The Hall–Kier alpha value is -1.88. The second-order valence-corrected chi connectivity index (χ2v) is 5.09. The molecule has 2 rings (SSSR count). The zero-order valence-electron chi connectivity index (χ0n) is 10.6. The molecule has 0 amide bonds. The van der Waals surface area contributed by atoms with E-state index >= 15 is 0 Å². The van der Waals surface area contributed by atoms with Crippen LogP contribution in [0.25, 0.3) is 0 Å². The van der Waals surface area contributed by atoms with E-state index in [4.69, 9.17) is 9.84 Å². The van der Waals surface area contributed by atoms with E-state index in [-0.39, 0.29) is 6.42 Å². The Labute approximate surface area is 115 Å². The number of aryl methyl sites for hydroxylation is 1. The third-order valence-corrected chi connectivity index (χ3v) is 3.61. The highest BCUT2D eigenvalue weighted by Crippen LogP contribution is 2.18. The molecule has 0 bridgehead atoms. The molecular weight excluding hydrogens is 262 g/mol. The van der Waals surface area contributed by atoms with Crippen molar-refractivity contribution < 1.29 is 14.6 Å². The minimum atomic E-state index is -0.787. The van der Waals surface area contributed by atoms with Crippen LogP contribution in [0.2, 0.25) is 0 Å². The molecule has 0 radical (unpaired) electrons. The Morgan fingerprint density at radius 1 is 1.37 bits per heavy atom. The van der Waals surface area contributed by atoms with E-state index in [9.17, 15) is 4.79 Å². The summed E-state index contributed by atoms with van der Waals surface area (Å²) >= 11 is 1.57. The smallest absolute Gasteiger partial charge is 0.303 e.